The molecule has 0 fully saturated rings. The summed E-state index contributed by atoms with van der Waals surface area (Å²) in [5, 5.41) is 3.31. The van der Waals surface area contributed by atoms with Crippen molar-refractivity contribution in [3.63, 3.8) is 0 Å². The molecular formula is C20H23ClN2O4. The number of hydrogen-bond donors (Lipinski definition) is 1. The van der Waals surface area contributed by atoms with Gasteiger partial charge in [0.25, 0.3) is 0 Å². The Hall–Kier alpha value is -2.57. The maximum Gasteiger partial charge on any atom is 0.238 e. The Morgan fingerprint density at radius 2 is 1.74 bits per heavy atom. The summed E-state index contributed by atoms with van der Waals surface area (Å²) in [6, 6.07) is 10.3. The molecule has 0 radical (unpaired) electrons. The van der Waals surface area contributed by atoms with Crippen LogP contribution in [0.25, 0.3) is 0 Å². The molecule has 27 heavy (non-hydrogen) atoms. The van der Waals surface area contributed by atoms with E-state index in [0.29, 0.717) is 34.3 Å². The van der Waals surface area contributed by atoms with Crippen LogP contribution in [0.4, 0.5) is 5.69 Å². The quantitative estimate of drug-likeness (QED) is 0.697. The molecule has 7 heteroatoms. The van der Waals surface area contributed by atoms with E-state index in [9.17, 15) is 9.59 Å². The highest BCUT2D eigenvalue weighted by atomic mass is 35.5. The Morgan fingerprint density at radius 1 is 1.07 bits per heavy atom. The van der Waals surface area contributed by atoms with E-state index >= 15 is 0 Å². The van der Waals surface area contributed by atoms with Gasteiger partial charge in [0.05, 0.1) is 26.5 Å². The Bertz CT molecular complexity index is 839. The third-order valence-electron chi connectivity index (χ3n) is 3.98. The normalized spacial score (nSPS) is 10.6. The Morgan fingerprint density at radius 3 is 2.37 bits per heavy atom. The molecule has 144 valence electrons. The van der Waals surface area contributed by atoms with Gasteiger partial charge in [-0.15, -0.1) is 0 Å². The van der Waals surface area contributed by atoms with Crippen LogP contribution < -0.4 is 14.8 Å². The van der Waals surface area contributed by atoms with E-state index in [0.717, 1.165) is 5.56 Å². The van der Waals surface area contributed by atoms with E-state index < -0.39 is 0 Å². The minimum Gasteiger partial charge on any atom is -0.496 e. The number of anilines is 1. The monoisotopic (exact) mass is 390 g/mol. The first-order valence-corrected chi connectivity index (χ1v) is 8.71. The standard InChI is InChI=1S/C20H23ClN2O4/c1-13(24)14-5-7-18(26-3)15(9-14)11-23(2)12-20(25)22-17-10-16(21)6-8-19(17)27-4/h5-10H,11-12H2,1-4H3,(H,22,25). The van der Waals surface area contributed by atoms with E-state index in [2.05, 4.69) is 5.32 Å². The number of methoxy groups -OCH3 is 2. The molecule has 0 bridgehead atoms. The minimum atomic E-state index is -0.209. The second-order valence-electron chi connectivity index (χ2n) is 6.15. The molecule has 0 unspecified atom stereocenters. The SMILES string of the molecule is COc1ccc(C(C)=O)cc1CN(C)CC(=O)Nc1cc(Cl)ccc1OC. The van der Waals surface area contributed by atoms with Crippen LogP contribution in [-0.2, 0) is 11.3 Å². The molecule has 2 rings (SSSR count). The summed E-state index contributed by atoms with van der Waals surface area (Å²) in [4.78, 5) is 25.8. The van der Waals surface area contributed by atoms with Crippen LogP contribution >= 0.6 is 11.6 Å². The first-order valence-electron chi connectivity index (χ1n) is 8.33. The lowest BCUT2D eigenvalue weighted by molar-refractivity contribution is -0.117. The number of halogens is 1. The highest BCUT2D eigenvalue weighted by molar-refractivity contribution is 6.31. The number of ether oxygens (including phenoxy) is 2. The van der Waals surface area contributed by atoms with Gasteiger partial charge in [-0.2, -0.15) is 0 Å². The van der Waals surface area contributed by atoms with Crippen LogP contribution in [0.1, 0.15) is 22.8 Å². The van der Waals surface area contributed by atoms with Gasteiger partial charge in [-0.25, -0.2) is 0 Å². The molecule has 0 aliphatic carbocycles. The number of nitrogens with zero attached hydrogens (tertiary/aromatic N) is 1. The molecule has 6 nitrogen and oxygen atoms in total. The third kappa shape index (κ3) is 5.70. The zero-order valence-corrected chi connectivity index (χ0v) is 16.6. The van der Waals surface area contributed by atoms with Crippen LogP contribution in [0.3, 0.4) is 0 Å². The van der Waals surface area contributed by atoms with E-state index in [-0.39, 0.29) is 18.2 Å². The number of likely N-dealkylation sites (N-methyl/N-ethyl adjacent to an activating group) is 1. The van der Waals surface area contributed by atoms with Gasteiger partial charge in [0.15, 0.2) is 5.78 Å². The minimum absolute atomic E-state index is 0.0210. The lowest BCUT2D eigenvalue weighted by atomic mass is 10.1. The summed E-state index contributed by atoms with van der Waals surface area (Å²) in [5.74, 6) is 0.974. The number of carbonyl (C=O) groups is 2. The van der Waals surface area contributed by atoms with Crippen molar-refractivity contribution in [2.75, 3.05) is 33.1 Å². The predicted molar refractivity (Wildman–Crippen MR) is 106 cm³/mol. The molecule has 0 aliphatic rings. The summed E-state index contributed by atoms with van der Waals surface area (Å²) in [7, 11) is 4.92. The van der Waals surface area contributed by atoms with Crippen molar-refractivity contribution >= 4 is 29.0 Å². The van der Waals surface area contributed by atoms with Crippen LogP contribution in [0.15, 0.2) is 36.4 Å². The van der Waals surface area contributed by atoms with Crippen LogP contribution in [0.2, 0.25) is 5.02 Å². The van der Waals surface area contributed by atoms with Gasteiger partial charge in [-0.3, -0.25) is 14.5 Å². The number of amides is 1. The van der Waals surface area contributed by atoms with Gasteiger partial charge >= 0.3 is 0 Å². The van der Waals surface area contributed by atoms with Gasteiger partial charge in [0.1, 0.15) is 11.5 Å². The van der Waals surface area contributed by atoms with E-state index in [1.165, 1.54) is 14.0 Å². The third-order valence-corrected chi connectivity index (χ3v) is 4.21. The number of ketones is 1. The lowest BCUT2D eigenvalue weighted by Crippen LogP contribution is -2.30. The summed E-state index contributed by atoms with van der Waals surface area (Å²) in [6.07, 6.45) is 0. The topological polar surface area (TPSA) is 67.9 Å². The number of nitrogens with one attached hydrogen (secondary N) is 1. The number of rotatable bonds is 8. The molecular weight excluding hydrogens is 368 g/mol. The largest absolute Gasteiger partial charge is 0.496 e. The molecule has 1 amide bonds. The van der Waals surface area contributed by atoms with Crippen molar-refractivity contribution < 1.29 is 19.1 Å². The number of Topliss-reactive ketones (excluding diaryl/α,β-unsaturated/α-hetero) is 1. The number of carbonyl (C=O) groups excluding carboxylic acids is 2. The summed E-state index contributed by atoms with van der Waals surface area (Å²) in [5.41, 5.74) is 1.95. The second-order valence-corrected chi connectivity index (χ2v) is 6.58. The summed E-state index contributed by atoms with van der Waals surface area (Å²) in [6.45, 7) is 2.11. The van der Waals surface area contributed by atoms with Crippen LogP contribution in [0, 0.1) is 0 Å². The van der Waals surface area contributed by atoms with Crippen molar-refractivity contribution in [1.29, 1.82) is 0 Å². The van der Waals surface area contributed by atoms with Crippen LogP contribution in [-0.4, -0.2) is 44.4 Å². The van der Waals surface area contributed by atoms with Crippen molar-refractivity contribution in [2.45, 2.75) is 13.5 Å². The fourth-order valence-corrected chi connectivity index (χ4v) is 2.85. The molecule has 1 N–H and O–H groups in total. The predicted octanol–water partition coefficient (Wildman–Crippen LogP) is 3.63. The Kier molecular flexibility index (Phi) is 7.21. The molecule has 0 spiro atoms. The second kappa shape index (κ2) is 9.39. The van der Waals surface area contributed by atoms with E-state index in [1.807, 2.05) is 11.9 Å². The van der Waals surface area contributed by atoms with Gasteiger partial charge in [-0.05, 0) is 50.4 Å². The maximum atomic E-state index is 12.4. The zero-order chi connectivity index (χ0) is 20.0. The van der Waals surface area contributed by atoms with Gasteiger partial charge in [0, 0.05) is 22.7 Å². The van der Waals surface area contributed by atoms with Gasteiger partial charge in [-0.1, -0.05) is 11.6 Å². The van der Waals surface area contributed by atoms with Crippen molar-refractivity contribution in [3.05, 3.63) is 52.5 Å². The number of benzene rings is 2. The lowest BCUT2D eigenvalue weighted by Gasteiger charge is -2.19. The van der Waals surface area contributed by atoms with Gasteiger partial charge in [0.2, 0.25) is 5.91 Å². The molecule has 0 aromatic heterocycles. The highest BCUT2D eigenvalue weighted by Crippen LogP contribution is 2.27. The average Bonchev–Trinajstić information content (AvgIpc) is 2.61. The Balaban J connectivity index is 2.06. The summed E-state index contributed by atoms with van der Waals surface area (Å²) >= 11 is 5.99. The maximum absolute atomic E-state index is 12.4. The Labute approximate surface area is 164 Å². The van der Waals surface area contributed by atoms with Crippen molar-refractivity contribution in [3.8, 4) is 11.5 Å². The van der Waals surface area contributed by atoms with E-state index in [1.54, 1.807) is 43.5 Å². The van der Waals surface area contributed by atoms with Gasteiger partial charge < -0.3 is 14.8 Å². The smallest absolute Gasteiger partial charge is 0.238 e. The molecule has 0 aliphatic heterocycles. The molecule has 0 atom stereocenters. The highest BCUT2D eigenvalue weighted by Gasteiger charge is 2.14. The molecule has 2 aromatic carbocycles. The average molecular weight is 391 g/mol. The van der Waals surface area contributed by atoms with E-state index in [4.69, 9.17) is 21.1 Å². The first kappa shape index (κ1) is 20.7. The van der Waals surface area contributed by atoms with Crippen molar-refractivity contribution in [1.82, 2.24) is 4.90 Å². The molecule has 0 saturated carbocycles. The molecule has 2 aromatic rings. The molecule has 0 heterocycles. The fraction of sp³-hybridized carbons (Fsp3) is 0.300. The van der Waals surface area contributed by atoms with Crippen molar-refractivity contribution in [2.24, 2.45) is 0 Å². The number of hydrogen-bond acceptors (Lipinski definition) is 5. The fourth-order valence-electron chi connectivity index (χ4n) is 2.68. The zero-order valence-electron chi connectivity index (χ0n) is 15.8. The molecule has 0 saturated heterocycles. The van der Waals surface area contributed by atoms with Crippen LogP contribution in [0.5, 0.6) is 11.5 Å². The summed E-state index contributed by atoms with van der Waals surface area (Å²) < 4.78 is 10.6. The first-order chi connectivity index (χ1) is 12.8.